The fourth-order valence-electron chi connectivity index (χ4n) is 1.99. The Bertz CT molecular complexity index is 953. The van der Waals surface area contributed by atoms with Crippen LogP contribution in [0.2, 0.25) is 0 Å². The van der Waals surface area contributed by atoms with Crippen molar-refractivity contribution in [1.82, 2.24) is 19.3 Å². The van der Waals surface area contributed by atoms with Crippen molar-refractivity contribution in [2.24, 2.45) is 0 Å². The Labute approximate surface area is 141 Å². The molecule has 9 heteroatoms. The van der Waals surface area contributed by atoms with Crippen LogP contribution in [-0.4, -0.2) is 38.3 Å². The number of anilines is 1. The number of aromatic nitrogens is 4. The van der Waals surface area contributed by atoms with Crippen molar-refractivity contribution >= 4 is 39.6 Å². The van der Waals surface area contributed by atoms with Gasteiger partial charge < -0.3 is 4.74 Å². The summed E-state index contributed by atoms with van der Waals surface area (Å²) in [6.07, 6.45) is 0. The number of nitrogens with zero attached hydrogens (tertiary/aromatic N) is 4. The maximum absolute atomic E-state index is 12.3. The first-order chi connectivity index (χ1) is 11.5. The highest BCUT2D eigenvalue weighted by Gasteiger charge is 2.15. The summed E-state index contributed by atoms with van der Waals surface area (Å²) in [5, 5.41) is 2.81. The number of benzene rings is 1. The van der Waals surface area contributed by atoms with E-state index < -0.39 is 5.97 Å². The van der Waals surface area contributed by atoms with Gasteiger partial charge in [0.2, 0.25) is 5.13 Å². The summed E-state index contributed by atoms with van der Waals surface area (Å²) in [7, 11) is 1.24. The molecule has 0 aliphatic heterocycles. The molecule has 0 aliphatic rings. The molecule has 0 bridgehead atoms. The third kappa shape index (κ3) is 3.06. The molecular weight excluding hydrogens is 330 g/mol. The maximum atomic E-state index is 12.3. The molecule has 0 spiro atoms. The van der Waals surface area contributed by atoms with Crippen molar-refractivity contribution in [1.29, 1.82) is 0 Å². The lowest BCUT2D eigenvalue weighted by Gasteiger charge is -2.05. The van der Waals surface area contributed by atoms with E-state index in [2.05, 4.69) is 29.4 Å². The predicted octanol–water partition coefficient (Wildman–Crippen LogP) is 2.14. The predicted molar refractivity (Wildman–Crippen MR) is 88.2 cm³/mol. The van der Waals surface area contributed by atoms with Crippen LogP contribution in [0, 0.1) is 13.8 Å². The number of carbonyl (C=O) groups excluding carboxylic acids is 2. The number of amides is 1. The smallest absolute Gasteiger partial charge is 0.377 e. The normalized spacial score (nSPS) is 10.6. The van der Waals surface area contributed by atoms with E-state index >= 15 is 0 Å². The van der Waals surface area contributed by atoms with Crippen LogP contribution in [0.1, 0.15) is 32.4 Å². The van der Waals surface area contributed by atoms with Crippen molar-refractivity contribution in [3.8, 4) is 0 Å². The molecule has 1 N–H and O–H groups in total. The van der Waals surface area contributed by atoms with Gasteiger partial charge in [-0.25, -0.2) is 14.8 Å². The van der Waals surface area contributed by atoms with Crippen molar-refractivity contribution < 1.29 is 14.3 Å². The highest BCUT2D eigenvalue weighted by Crippen LogP contribution is 2.17. The second kappa shape index (κ2) is 6.28. The standard InChI is InChI=1S/C15H13N5O3S/c1-7-8(2)17-11-6-9(4-5-10(11)16-7)13(21)19-15-18-12(20-24-15)14(22)23-3/h4-6H,1-3H3,(H,18,19,20,21). The first-order valence-electron chi connectivity index (χ1n) is 6.96. The van der Waals surface area contributed by atoms with Gasteiger partial charge in [-0.1, -0.05) is 0 Å². The monoisotopic (exact) mass is 343 g/mol. The van der Waals surface area contributed by atoms with Gasteiger partial charge in [-0.2, -0.15) is 9.36 Å². The zero-order valence-corrected chi connectivity index (χ0v) is 14.0. The maximum Gasteiger partial charge on any atom is 0.377 e. The number of ether oxygens (including phenoxy) is 1. The van der Waals surface area contributed by atoms with E-state index in [0.717, 1.165) is 28.4 Å². The summed E-state index contributed by atoms with van der Waals surface area (Å²) in [5.74, 6) is -1.11. The number of rotatable bonds is 3. The van der Waals surface area contributed by atoms with Crippen LogP contribution >= 0.6 is 11.5 Å². The quantitative estimate of drug-likeness (QED) is 0.726. The summed E-state index contributed by atoms with van der Waals surface area (Å²) in [6.45, 7) is 3.75. The van der Waals surface area contributed by atoms with E-state index in [-0.39, 0.29) is 16.9 Å². The fraction of sp³-hybridized carbons (Fsp3) is 0.200. The summed E-state index contributed by atoms with van der Waals surface area (Å²) in [4.78, 5) is 36.4. The zero-order valence-electron chi connectivity index (χ0n) is 13.2. The van der Waals surface area contributed by atoms with E-state index in [1.807, 2.05) is 13.8 Å². The molecule has 0 saturated heterocycles. The Hall–Kier alpha value is -2.94. The van der Waals surface area contributed by atoms with Crippen LogP contribution in [0.4, 0.5) is 5.13 Å². The van der Waals surface area contributed by atoms with Gasteiger partial charge in [0.15, 0.2) is 0 Å². The second-order valence-electron chi connectivity index (χ2n) is 4.97. The largest absolute Gasteiger partial charge is 0.463 e. The lowest BCUT2D eigenvalue weighted by Crippen LogP contribution is -2.12. The third-order valence-electron chi connectivity index (χ3n) is 3.35. The molecule has 0 aliphatic carbocycles. The van der Waals surface area contributed by atoms with Gasteiger partial charge in [-0.3, -0.25) is 10.1 Å². The number of hydrogen-bond acceptors (Lipinski definition) is 8. The van der Waals surface area contributed by atoms with Gasteiger partial charge in [0.25, 0.3) is 11.7 Å². The second-order valence-corrected chi connectivity index (χ2v) is 5.72. The number of esters is 1. The number of fused-ring (bicyclic) bond motifs is 1. The molecular formula is C15H13N5O3S. The molecule has 2 aromatic heterocycles. The Morgan fingerprint density at radius 2 is 1.79 bits per heavy atom. The molecule has 0 unspecified atom stereocenters. The van der Waals surface area contributed by atoms with Gasteiger partial charge in [-0.15, -0.1) is 0 Å². The molecule has 0 radical (unpaired) electrons. The van der Waals surface area contributed by atoms with Crippen LogP contribution in [-0.2, 0) is 4.74 Å². The summed E-state index contributed by atoms with van der Waals surface area (Å²) in [6, 6.07) is 5.05. The summed E-state index contributed by atoms with van der Waals surface area (Å²) < 4.78 is 8.35. The Morgan fingerprint density at radius 1 is 1.08 bits per heavy atom. The summed E-state index contributed by atoms with van der Waals surface area (Å²) in [5.41, 5.74) is 3.43. The van der Waals surface area contributed by atoms with Gasteiger partial charge in [0.05, 0.1) is 29.5 Å². The third-order valence-corrected chi connectivity index (χ3v) is 3.98. The van der Waals surface area contributed by atoms with Crippen LogP contribution in [0.3, 0.4) is 0 Å². The van der Waals surface area contributed by atoms with Gasteiger partial charge in [-0.05, 0) is 32.0 Å². The average molecular weight is 343 g/mol. The van der Waals surface area contributed by atoms with Gasteiger partial charge in [0.1, 0.15) is 0 Å². The minimum atomic E-state index is -0.654. The average Bonchev–Trinajstić information content (AvgIpc) is 3.03. The molecule has 0 atom stereocenters. The first-order valence-corrected chi connectivity index (χ1v) is 7.73. The summed E-state index contributed by atoms with van der Waals surface area (Å²) >= 11 is 0.902. The van der Waals surface area contributed by atoms with Gasteiger partial charge >= 0.3 is 5.97 Å². The van der Waals surface area contributed by atoms with E-state index in [1.54, 1.807) is 18.2 Å². The number of nitrogens with one attached hydrogen (secondary N) is 1. The number of methoxy groups -OCH3 is 1. The molecule has 122 valence electrons. The molecule has 1 aromatic carbocycles. The molecule has 2 heterocycles. The molecule has 1 amide bonds. The minimum absolute atomic E-state index is 0.0896. The number of carbonyl (C=O) groups is 2. The molecule has 0 saturated carbocycles. The van der Waals surface area contributed by atoms with Crippen molar-refractivity contribution in [2.45, 2.75) is 13.8 Å². The van der Waals surface area contributed by atoms with Gasteiger partial charge in [0, 0.05) is 17.1 Å². The lowest BCUT2D eigenvalue weighted by molar-refractivity contribution is 0.0588. The van der Waals surface area contributed by atoms with Crippen molar-refractivity contribution in [3.63, 3.8) is 0 Å². The topological polar surface area (TPSA) is 107 Å². The number of aryl methyl sites for hydroxylation is 2. The van der Waals surface area contributed by atoms with Crippen LogP contribution in [0.25, 0.3) is 11.0 Å². The van der Waals surface area contributed by atoms with Crippen LogP contribution in [0.5, 0.6) is 0 Å². The van der Waals surface area contributed by atoms with E-state index in [9.17, 15) is 9.59 Å². The van der Waals surface area contributed by atoms with E-state index in [0.29, 0.717) is 11.1 Å². The van der Waals surface area contributed by atoms with E-state index in [1.165, 1.54) is 7.11 Å². The number of hydrogen-bond donors (Lipinski definition) is 1. The Balaban J connectivity index is 1.84. The van der Waals surface area contributed by atoms with Crippen molar-refractivity contribution in [2.75, 3.05) is 12.4 Å². The Kier molecular flexibility index (Phi) is 4.17. The van der Waals surface area contributed by atoms with Crippen LogP contribution < -0.4 is 5.32 Å². The molecule has 24 heavy (non-hydrogen) atoms. The van der Waals surface area contributed by atoms with Crippen molar-refractivity contribution in [3.05, 3.63) is 41.0 Å². The Morgan fingerprint density at radius 3 is 2.50 bits per heavy atom. The molecule has 3 aromatic rings. The molecule has 8 nitrogen and oxygen atoms in total. The first kappa shape index (κ1) is 15.9. The van der Waals surface area contributed by atoms with E-state index in [4.69, 9.17) is 0 Å². The fourth-order valence-corrected chi connectivity index (χ4v) is 2.54. The molecule has 0 fully saturated rings. The highest BCUT2D eigenvalue weighted by molar-refractivity contribution is 7.10. The lowest BCUT2D eigenvalue weighted by atomic mass is 10.1. The molecule has 3 rings (SSSR count). The van der Waals surface area contributed by atoms with Crippen LogP contribution in [0.15, 0.2) is 18.2 Å². The SMILES string of the molecule is COC(=O)c1nsc(NC(=O)c2ccc3nc(C)c(C)nc3c2)n1. The highest BCUT2D eigenvalue weighted by atomic mass is 32.1. The minimum Gasteiger partial charge on any atom is -0.463 e. The zero-order chi connectivity index (χ0) is 17.3.